The van der Waals surface area contributed by atoms with Gasteiger partial charge in [-0.25, -0.2) is 0 Å². The highest BCUT2D eigenvalue weighted by molar-refractivity contribution is 7.18. The molecule has 1 fully saturated rings. The number of nitrogens with zero attached hydrogens (tertiary/aromatic N) is 1. The number of aliphatic hydroxyl groups is 1. The lowest BCUT2D eigenvalue weighted by Crippen LogP contribution is -2.45. The van der Waals surface area contributed by atoms with Gasteiger partial charge in [-0.05, 0) is 50.8 Å². The maximum absolute atomic E-state index is 12.4. The monoisotopic (exact) mass is 301 g/mol. The molecule has 106 valence electrons. The minimum Gasteiger partial charge on any atom is -0.396 e. The van der Waals surface area contributed by atoms with Gasteiger partial charge in [-0.2, -0.15) is 0 Å². The van der Waals surface area contributed by atoms with E-state index in [9.17, 15) is 4.79 Å². The lowest BCUT2D eigenvalue weighted by molar-refractivity contribution is 0.0732. The minimum atomic E-state index is -0.101. The molecule has 0 radical (unpaired) electrons. The van der Waals surface area contributed by atoms with Crippen LogP contribution in [0.2, 0.25) is 4.34 Å². The molecular formula is C14H20ClNO2S. The molecule has 1 aliphatic heterocycles. The number of rotatable bonds is 5. The Kier molecular flexibility index (Phi) is 5.39. The SMILES string of the molecule is CC(C(=O)c1ccc(Cl)s1)N1CCCC(CCO)C1. The van der Waals surface area contributed by atoms with E-state index in [2.05, 4.69) is 4.90 Å². The van der Waals surface area contributed by atoms with Crippen molar-refractivity contribution in [1.29, 1.82) is 0 Å². The largest absolute Gasteiger partial charge is 0.396 e. The van der Waals surface area contributed by atoms with Gasteiger partial charge in [0, 0.05) is 13.2 Å². The molecule has 0 aromatic carbocycles. The van der Waals surface area contributed by atoms with Gasteiger partial charge < -0.3 is 5.11 Å². The van der Waals surface area contributed by atoms with E-state index in [1.54, 1.807) is 12.1 Å². The summed E-state index contributed by atoms with van der Waals surface area (Å²) in [5, 5.41) is 9.03. The molecule has 1 aromatic rings. The first kappa shape index (κ1) is 15.0. The van der Waals surface area contributed by atoms with Crippen LogP contribution in [0.5, 0.6) is 0 Å². The molecule has 0 amide bonds. The average Bonchev–Trinajstić information content (AvgIpc) is 2.84. The standard InChI is InChI=1S/C14H20ClNO2S/c1-10(14(18)12-4-5-13(15)19-12)16-7-2-3-11(9-16)6-8-17/h4-5,10-11,17H,2-3,6-9H2,1H3. The second kappa shape index (κ2) is 6.84. The minimum absolute atomic E-state index is 0.101. The summed E-state index contributed by atoms with van der Waals surface area (Å²) in [5.41, 5.74) is 0. The van der Waals surface area contributed by atoms with Crippen LogP contribution >= 0.6 is 22.9 Å². The maximum Gasteiger partial charge on any atom is 0.189 e. The lowest BCUT2D eigenvalue weighted by Gasteiger charge is -2.35. The zero-order chi connectivity index (χ0) is 13.8. The van der Waals surface area contributed by atoms with E-state index < -0.39 is 0 Å². The Morgan fingerprint density at radius 1 is 1.63 bits per heavy atom. The summed E-state index contributed by atoms with van der Waals surface area (Å²) in [6.07, 6.45) is 3.10. The number of hydrogen-bond acceptors (Lipinski definition) is 4. The highest BCUT2D eigenvalue weighted by Gasteiger charge is 2.28. The summed E-state index contributed by atoms with van der Waals surface area (Å²) in [6, 6.07) is 3.48. The van der Waals surface area contributed by atoms with E-state index in [4.69, 9.17) is 16.7 Å². The van der Waals surface area contributed by atoms with Crippen molar-refractivity contribution < 1.29 is 9.90 Å². The Hall–Kier alpha value is -0.420. The van der Waals surface area contributed by atoms with Gasteiger partial charge >= 0.3 is 0 Å². The number of hydrogen-bond donors (Lipinski definition) is 1. The lowest BCUT2D eigenvalue weighted by atomic mass is 9.93. The third-order valence-electron chi connectivity index (χ3n) is 3.83. The highest BCUT2D eigenvalue weighted by atomic mass is 35.5. The van der Waals surface area contributed by atoms with Crippen LogP contribution < -0.4 is 0 Å². The van der Waals surface area contributed by atoms with E-state index in [0.29, 0.717) is 10.3 Å². The van der Waals surface area contributed by atoms with Crippen molar-refractivity contribution in [3.8, 4) is 0 Å². The molecule has 2 rings (SSSR count). The topological polar surface area (TPSA) is 40.5 Å². The van der Waals surface area contributed by atoms with Crippen LogP contribution in [0.15, 0.2) is 12.1 Å². The summed E-state index contributed by atoms with van der Waals surface area (Å²) in [6.45, 7) is 4.08. The van der Waals surface area contributed by atoms with Gasteiger partial charge in [0.25, 0.3) is 0 Å². The number of Topliss-reactive ketones (excluding diaryl/α,β-unsaturated/α-hetero) is 1. The number of thiophene rings is 1. The molecule has 0 spiro atoms. The van der Waals surface area contributed by atoms with Crippen molar-refractivity contribution in [1.82, 2.24) is 4.90 Å². The Bertz CT molecular complexity index is 433. The van der Waals surface area contributed by atoms with E-state index in [1.165, 1.54) is 11.3 Å². The van der Waals surface area contributed by atoms with Gasteiger partial charge in [-0.15, -0.1) is 11.3 Å². The van der Waals surface area contributed by atoms with Crippen LogP contribution in [0.25, 0.3) is 0 Å². The summed E-state index contributed by atoms with van der Waals surface area (Å²) in [5.74, 6) is 0.669. The normalized spacial score (nSPS) is 22.4. The second-order valence-electron chi connectivity index (χ2n) is 5.16. The number of carbonyl (C=O) groups excluding carboxylic acids is 1. The molecule has 0 aliphatic carbocycles. The van der Waals surface area contributed by atoms with E-state index in [-0.39, 0.29) is 18.4 Å². The Balaban J connectivity index is 1.98. The van der Waals surface area contributed by atoms with Gasteiger partial charge in [0.2, 0.25) is 0 Å². The zero-order valence-electron chi connectivity index (χ0n) is 11.1. The number of piperidine rings is 1. The fraction of sp³-hybridized carbons (Fsp3) is 0.643. The maximum atomic E-state index is 12.4. The van der Waals surface area contributed by atoms with E-state index in [1.807, 2.05) is 6.92 Å². The molecule has 1 saturated heterocycles. The van der Waals surface area contributed by atoms with Gasteiger partial charge in [-0.1, -0.05) is 11.6 Å². The van der Waals surface area contributed by atoms with Gasteiger partial charge in [0.05, 0.1) is 15.3 Å². The summed E-state index contributed by atoms with van der Waals surface area (Å²) < 4.78 is 0.660. The second-order valence-corrected chi connectivity index (χ2v) is 6.87. The molecule has 2 heterocycles. The molecule has 0 saturated carbocycles. The molecule has 0 bridgehead atoms. The number of ketones is 1. The van der Waals surface area contributed by atoms with Crippen molar-refractivity contribution in [3.05, 3.63) is 21.3 Å². The number of carbonyl (C=O) groups is 1. The summed E-state index contributed by atoms with van der Waals surface area (Å²) in [4.78, 5) is 15.4. The van der Waals surface area contributed by atoms with Crippen molar-refractivity contribution in [2.24, 2.45) is 5.92 Å². The van der Waals surface area contributed by atoms with Gasteiger partial charge in [-0.3, -0.25) is 9.69 Å². The van der Waals surface area contributed by atoms with Crippen LogP contribution in [0.3, 0.4) is 0 Å². The smallest absolute Gasteiger partial charge is 0.189 e. The molecule has 3 nitrogen and oxygen atoms in total. The van der Waals surface area contributed by atoms with Crippen LogP contribution in [0, 0.1) is 5.92 Å². The van der Waals surface area contributed by atoms with Crippen molar-refractivity contribution >= 4 is 28.7 Å². The molecule has 1 aromatic heterocycles. The van der Waals surface area contributed by atoms with E-state index in [0.717, 1.165) is 37.2 Å². The molecule has 1 N–H and O–H groups in total. The van der Waals surface area contributed by atoms with Crippen LogP contribution in [-0.4, -0.2) is 41.5 Å². The summed E-state index contributed by atoms with van der Waals surface area (Å²) >= 11 is 7.23. The number of likely N-dealkylation sites (tertiary alicyclic amines) is 1. The van der Waals surface area contributed by atoms with Crippen molar-refractivity contribution in [2.45, 2.75) is 32.2 Å². The quantitative estimate of drug-likeness (QED) is 0.850. The number of aliphatic hydroxyl groups excluding tert-OH is 1. The fourth-order valence-electron chi connectivity index (χ4n) is 2.69. The Morgan fingerprint density at radius 3 is 3.05 bits per heavy atom. The Morgan fingerprint density at radius 2 is 2.42 bits per heavy atom. The third-order valence-corrected chi connectivity index (χ3v) is 5.08. The van der Waals surface area contributed by atoms with Crippen LogP contribution in [0.4, 0.5) is 0 Å². The fourth-order valence-corrected chi connectivity index (χ4v) is 3.75. The third kappa shape index (κ3) is 3.78. The first-order valence-corrected chi connectivity index (χ1v) is 7.95. The predicted octanol–water partition coefficient (Wildman–Crippen LogP) is 3.07. The van der Waals surface area contributed by atoms with E-state index >= 15 is 0 Å². The molecule has 19 heavy (non-hydrogen) atoms. The number of halogens is 1. The molecule has 5 heteroatoms. The van der Waals surface area contributed by atoms with Crippen molar-refractivity contribution in [3.63, 3.8) is 0 Å². The molecule has 1 aliphatic rings. The van der Waals surface area contributed by atoms with Crippen molar-refractivity contribution in [2.75, 3.05) is 19.7 Å². The first-order valence-electron chi connectivity index (χ1n) is 6.76. The molecular weight excluding hydrogens is 282 g/mol. The predicted molar refractivity (Wildman–Crippen MR) is 79.1 cm³/mol. The first-order chi connectivity index (χ1) is 9.11. The zero-order valence-corrected chi connectivity index (χ0v) is 12.7. The Labute approximate surface area is 123 Å². The molecule has 2 atom stereocenters. The summed E-state index contributed by atoms with van der Waals surface area (Å²) in [7, 11) is 0. The molecule has 2 unspecified atom stereocenters. The average molecular weight is 302 g/mol. The van der Waals surface area contributed by atoms with Gasteiger partial charge in [0.1, 0.15) is 0 Å². The van der Waals surface area contributed by atoms with Crippen LogP contribution in [-0.2, 0) is 0 Å². The van der Waals surface area contributed by atoms with Crippen LogP contribution in [0.1, 0.15) is 35.9 Å². The van der Waals surface area contributed by atoms with Gasteiger partial charge in [0.15, 0.2) is 5.78 Å². The highest BCUT2D eigenvalue weighted by Crippen LogP contribution is 2.26.